The molecule has 0 spiro atoms. The molecule has 1 aromatic heterocycles. The van der Waals surface area contributed by atoms with Crippen LogP contribution in [0.2, 0.25) is 0 Å². The molecule has 1 amide bonds. The first kappa shape index (κ1) is 28.4. The number of hydrogen-bond donors (Lipinski definition) is 3. The van der Waals surface area contributed by atoms with Crippen LogP contribution in [-0.4, -0.2) is 47.7 Å². The van der Waals surface area contributed by atoms with Crippen LogP contribution in [0.3, 0.4) is 0 Å². The first-order valence-corrected chi connectivity index (χ1v) is 12.7. The molecule has 2 heterocycles. The fourth-order valence-electron chi connectivity index (χ4n) is 5.20. The second-order valence-electron chi connectivity index (χ2n) is 9.76. The second-order valence-corrected chi connectivity index (χ2v) is 9.76. The Morgan fingerprint density at radius 1 is 1.21 bits per heavy atom. The van der Waals surface area contributed by atoms with E-state index in [1.807, 2.05) is 28.6 Å². The van der Waals surface area contributed by atoms with Crippen molar-refractivity contribution in [3.8, 4) is 17.6 Å². The quantitative estimate of drug-likeness (QED) is 0.172. The second kappa shape index (κ2) is 12.5. The molecule has 10 heteroatoms. The van der Waals surface area contributed by atoms with E-state index in [9.17, 15) is 23.2 Å². The summed E-state index contributed by atoms with van der Waals surface area (Å²) in [4.78, 5) is 19.3. The van der Waals surface area contributed by atoms with Gasteiger partial charge in [0.05, 0.1) is 24.6 Å². The lowest BCUT2D eigenvalue weighted by atomic mass is 9.73. The SMILES string of the molecule is COc1ccc2ncc(CN)c(CCCC3(C(=O)NO)CCN(CC#Cc4cc(F)c(F)c(F)c4)CC3)c2c1. The largest absolute Gasteiger partial charge is 0.497 e. The monoisotopic (exact) mass is 540 g/mol. The van der Waals surface area contributed by atoms with Crippen molar-refractivity contribution in [2.45, 2.75) is 38.6 Å². The number of rotatable bonds is 8. The van der Waals surface area contributed by atoms with E-state index in [0.29, 0.717) is 58.3 Å². The highest BCUT2D eigenvalue weighted by atomic mass is 19.2. The highest BCUT2D eigenvalue weighted by molar-refractivity contribution is 5.84. The van der Waals surface area contributed by atoms with Crippen molar-refractivity contribution in [2.75, 3.05) is 26.7 Å². The Labute approximate surface area is 225 Å². The van der Waals surface area contributed by atoms with Gasteiger partial charge in [0.25, 0.3) is 0 Å². The summed E-state index contributed by atoms with van der Waals surface area (Å²) in [5.74, 6) is 1.75. The van der Waals surface area contributed by atoms with Crippen LogP contribution in [0.15, 0.2) is 36.5 Å². The molecule has 0 atom stereocenters. The predicted octanol–water partition coefficient (Wildman–Crippen LogP) is 4.08. The number of carbonyl (C=O) groups excluding carboxylic acids is 1. The zero-order valence-electron chi connectivity index (χ0n) is 21.7. The lowest BCUT2D eigenvalue weighted by molar-refractivity contribution is -0.143. The predicted molar refractivity (Wildman–Crippen MR) is 140 cm³/mol. The molecule has 4 N–H and O–H groups in total. The summed E-state index contributed by atoms with van der Waals surface area (Å²) in [6.07, 6.45) is 4.74. The number of nitrogens with two attached hydrogens (primary N) is 1. The lowest BCUT2D eigenvalue weighted by Gasteiger charge is -2.39. The smallest absolute Gasteiger partial charge is 0.249 e. The summed E-state index contributed by atoms with van der Waals surface area (Å²) >= 11 is 0. The van der Waals surface area contributed by atoms with Crippen LogP contribution in [0.4, 0.5) is 13.2 Å². The molecule has 4 rings (SSSR count). The number of pyridine rings is 1. The van der Waals surface area contributed by atoms with Gasteiger partial charge in [-0.05, 0) is 73.6 Å². The van der Waals surface area contributed by atoms with Crippen molar-refractivity contribution >= 4 is 16.8 Å². The highest BCUT2D eigenvalue weighted by Crippen LogP contribution is 2.37. The first-order valence-electron chi connectivity index (χ1n) is 12.7. The van der Waals surface area contributed by atoms with Crippen molar-refractivity contribution in [1.82, 2.24) is 15.4 Å². The van der Waals surface area contributed by atoms with E-state index >= 15 is 0 Å². The minimum Gasteiger partial charge on any atom is -0.497 e. The number of aromatic nitrogens is 1. The third-order valence-corrected chi connectivity index (χ3v) is 7.49. The van der Waals surface area contributed by atoms with E-state index in [1.165, 1.54) is 0 Å². The number of nitrogens with zero attached hydrogens (tertiary/aromatic N) is 2. The van der Waals surface area contributed by atoms with Gasteiger partial charge < -0.3 is 10.5 Å². The van der Waals surface area contributed by atoms with Crippen molar-refractivity contribution in [1.29, 1.82) is 0 Å². The fraction of sp³-hybridized carbons (Fsp3) is 0.379. The maximum absolute atomic E-state index is 13.4. The zero-order chi connectivity index (χ0) is 28.0. The lowest BCUT2D eigenvalue weighted by Crippen LogP contribution is -2.48. The van der Waals surface area contributed by atoms with Gasteiger partial charge in [-0.3, -0.25) is 19.9 Å². The summed E-state index contributed by atoms with van der Waals surface area (Å²) in [5.41, 5.74) is 10.0. The number of halogens is 3. The summed E-state index contributed by atoms with van der Waals surface area (Å²) in [5, 5.41) is 10.5. The van der Waals surface area contributed by atoms with Gasteiger partial charge in [-0.2, -0.15) is 0 Å². The number of hydrogen-bond acceptors (Lipinski definition) is 6. The van der Waals surface area contributed by atoms with Gasteiger partial charge in [0.15, 0.2) is 17.5 Å². The summed E-state index contributed by atoms with van der Waals surface area (Å²) in [6, 6.07) is 7.42. The van der Waals surface area contributed by atoms with Crippen LogP contribution in [0.1, 0.15) is 42.4 Å². The molecule has 206 valence electrons. The van der Waals surface area contributed by atoms with E-state index in [1.54, 1.807) is 13.3 Å². The molecule has 0 unspecified atom stereocenters. The first-order chi connectivity index (χ1) is 18.8. The molecule has 3 aromatic rings. The average Bonchev–Trinajstić information content (AvgIpc) is 2.96. The molecule has 0 radical (unpaired) electrons. The molecule has 1 saturated heterocycles. The van der Waals surface area contributed by atoms with Crippen molar-refractivity contribution in [3.05, 3.63) is 70.7 Å². The number of nitrogens with one attached hydrogen (secondary N) is 1. The zero-order valence-corrected chi connectivity index (χ0v) is 21.7. The van der Waals surface area contributed by atoms with Gasteiger partial charge >= 0.3 is 0 Å². The summed E-state index contributed by atoms with van der Waals surface area (Å²) in [6.45, 7) is 1.77. The molecule has 0 aliphatic carbocycles. The van der Waals surface area contributed by atoms with E-state index < -0.39 is 28.8 Å². The molecule has 39 heavy (non-hydrogen) atoms. The number of fused-ring (bicyclic) bond motifs is 1. The van der Waals surface area contributed by atoms with Gasteiger partial charge in [0.2, 0.25) is 5.91 Å². The molecule has 1 fully saturated rings. The maximum atomic E-state index is 13.4. The summed E-state index contributed by atoms with van der Waals surface area (Å²) < 4.78 is 45.4. The van der Waals surface area contributed by atoms with Gasteiger partial charge in [-0.1, -0.05) is 11.8 Å². The molecule has 7 nitrogen and oxygen atoms in total. The minimum absolute atomic E-state index is 0.0514. The van der Waals surface area contributed by atoms with Gasteiger partial charge in [-0.15, -0.1) is 0 Å². The number of hydroxylamine groups is 1. The molecular weight excluding hydrogens is 509 g/mol. The topological polar surface area (TPSA) is 101 Å². The molecule has 0 bridgehead atoms. The van der Waals surface area contributed by atoms with E-state index in [-0.39, 0.29) is 5.56 Å². The Morgan fingerprint density at radius 3 is 2.56 bits per heavy atom. The van der Waals surface area contributed by atoms with Gasteiger partial charge in [-0.25, -0.2) is 18.7 Å². The van der Waals surface area contributed by atoms with Crippen molar-refractivity contribution < 1.29 is 27.9 Å². The van der Waals surface area contributed by atoms with E-state index in [4.69, 9.17) is 10.5 Å². The van der Waals surface area contributed by atoms with Gasteiger partial charge in [0, 0.05) is 36.8 Å². The molecule has 1 aliphatic heterocycles. The average molecular weight is 541 g/mol. The van der Waals surface area contributed by atoms with Crippen molar-refractivity contribution in [2.24, 2.45) is 11.1 Å². The number of ether oxygens (including phenoxy) is 1. The Kier molecular flexibility index (Phi) is 9.07. The van der Waals surface area contributed by atoms with Crippen molar-refractivity contribution in [3.63, 3.8) is 0 Å². The van der Waals surface area contributed by atoms with Gasteiger partial charge in [0.1, 0.15) is 5.75 Å². The Hall–Kier alpha value is -3.65. The molecular formula is C29H31F3N4O3. The number of benzene rings is 2. The summed E-state index contributed by atoms with van der Waals surface area (Å²) in [7, 11) is 1.61. The molecule has 0 saturated carbocycles. The number of carbonyl (C=O) groups is 1. The minimum atomic E-state index is -1.52. The normalized spacial score (nSPS) is 15.0. The van der Waals surface area contributed by atoms with Crippen LogP contribution in [0.25, 0.3) is 10.9 Å². The van der Waals surface area contributed by atoms with Crippen LogP contribution in [-0.2, 0) is 17.8 Å². The Balaban J connectivity index is 1.42. The third kappa shape index (κ3) is 6.33. The van der Waals surface area contributed by atoms with Crippen LogP contribution in [0.5, 0.6) is 5.75 Å². The fourth-order valence-corrected chi connectivity index (χ4v) is 5.20. The number of likely N-dealkylation sites (tertiary alicyclic amines) is 1. The van der Waals surface area contributed by atoms with E-state index in [0.717, 1.165) is 39.9 Å². The van der Waals surface area contributed by atoms with Crippen LogP contribution < -0.4 is 16.0 Å². The standard InChI is InChI=1S/C29H31F3N4O3/c1-39-21-6-7-26-23(16-21)22(20(17-33)18-34-26)5-2-8-29(28(37)35-38)9-12-36(13-10-29)11-3-4-19-14-24(30)27(32)25(31)15-19/h6-7,14-16,18,38H,2,5,8-13,17,33H2,1H3,(H,35,37). The highest BCUT2D eigenvalue weighted by Gasteiger charge is 2.40. The Morgan fingerprint density at radius 2 is 1.92 bits per heavy atom. The molecule has 2 aromatic carbocycles. The third-order valence-electron chi connectivity index (χ3n) is 7.49. The van der Waals surface area contributed by atoms with Crippen LogP contribution >= 0.6 is 0 Å². The van der Waals surface area contributed by atoms with E-state index in [2.05, 4.69) is 16.8 Å². The number of amides is 1. The number of methoxy groups -OCH3 is 1. The Bertz CT molecular complexity index is 1380. The van der Waals surface area contributed by atoms with Crippen LogP contribution in [0, 0.1) is 34.7 Å². The molecule has 1 aliphatic rings. The number of aryl methyl sites for hydroxylation is 1. The maximum Gasteiger partial charge on any atom is 0.249 e. The number of piperidine rings is 1.